The van der Waals surface area contributed by atoms with Gasteiger partial charge >= 0.3 is 0 Å². The number of benzene rings is 1. The molecule has 1 unspecified atom stereocenters. The van der Waals surface area contributed by atoms with Gasteiger partial charge in [0.1, 0.15) is 0 Å². The molecule has 1 aromatic rings. The summed E-state index contributed by atoms with van der Waals surface area (Å²) in [6.45, 7) is 2.26. The van der Waals surface area contributed by atoms with E-state index in [4.69, 9.17) is 5.73 Å². The van der Waals surface area contributed by atoms with Gasteiger partial charge < -0.3 is 10.4 Å². The molecule has 0 saturated carbocycles. The number of aliphatic hydroxyl groups is 1. The fourth-order valence-electron chi connectivity index (χ4n) is 1.63. The van der Waals surface area contributed by atoms with Crippen LogP contribution in [0.15, 0.2) is 30.3 Å². The monoisotopic (exact) mass is 236 g/mol. The van der Waals surface area contributed by atoms with Crippen LogP contribution in [0.4, 0.5) is 0 Å². The molecule has 94 valence electrons. The molecule has 0 aliphatic heterocycles. The maximum Gasteiger partial charge on any atom is 0.267 e. The number of aryl methyl sites for hydroxylation is 1. The van der Waals surface area contributed by atoms with Crippen molar-refractivity contribution in [2.24, 2.45) is 5.73 Å². The summed E-state index contributed by atoms with van der Waals surface area (Å²) < 4.78 is 0. The number of rotatable bonds is 6. The Balaban J connectivity index is 2.37. The van der Waals surface area contributed by atoms with Crippen molar-refractivity contribution in [3.05, 3.63) is 35.9 Å². The molecule has 1 atom stereocenters. The van der Waals surface area contributed by atoms with Crippen LogP contribution in [0.5, 0.6) is 0 Å². The highest BCUT2D eigenvalue weighted by atomic mass is 16.3. The standard InChI is InChI=1S/C13H20N2O2/c1-2-15-12(16)13(14,17)10-6-9-11-7-4-3-5-8-11/h3-5,7-8,17H,2,6,9-10,14H2,1H3,(H,15,16). The predicted octanol–water partition coefficient (Wildman–Crippen LogP) is 0.793. The molecule has 4 N–H and O–H groups in total. The molecular weight excluding hydrogens is 216 g/mol. The van der Waals surface area contributed by atoms with Crippen LogP contribution in [-0.2, 0) is 11.2 Å². The predicted molar refractivity (Wildman–Crippen MR) is 67.2 cm³/mol. The SMILES string of the molecule is CCNC(=O)C(N)(O)CCCc1ccccc1. The highest BCUT2D eigenvalue weighted by Gasteiger charge is 2.29. The molecule has 1 amide bonds. The van der Waals surface area contributed by atoms with Crippen molar-refractivity contribution in [2.45, 2.75) is 31.9 Å². The molecule has 0 aliphatic carbocycles. The van der Waals surface area contributed by atoms with Crippen LogP contribution in [-0.4, -0.2) is 23.3 Å². The molecule has 17 heavy (non-hydrogen) atoms. The van der Waals surface area contributed by atoms with E-state index in [0.29, 0.717) is 13.0 Å². The second kappa shape index (κ2) is 6.37. The summed E-state index contributed by atoms with van der Waals surface area (Å²) >= 11 is 0. The van der Waals surface area contributed by atoms with Gasteiger partial charge in [0.05, 0.1) is 0 Å². The molecule has 0 radical (unpaired) electrons. The summed E-state index contributed by atoms with van der Waals surface area (Å²) in [6, 6.07) is 9.92. The number of nitrogens with two attached hydrogens (primary N) is 1. The van der Waals surface area contributed by atoms with Crippen LogP contribution in [0.25, 0.3) is 0 Å². The van der Waals surface area contributed by atoms with Crippen molar-refractivity contribution in [1.29, 1.82) is 0 Å². The van der Waals surface area contributed by atoms with Crippen LogP contribution < -0.4 is 11.1 Å². The third-order valence-corrected chi connectivity index (χ3v) is 2.60. The van der Waals surface area contributed by atoms with E-state index in [-0.39, 0.29) is 6.42 Å². The van der Waals surface area contributed by atoms with Gasteiger partial charge in [0, 0.05) is 6.54 Å². The Hall–Kier alpha value is -1.39. The molecule has 0 saturated heterocycles. The molecule has 4 nitrogen and oxygen atoms in total. The van der Waals surface area contributed by atoms with Crippen molar-refractivity contribution in [1.82, 2.24) is 5.32 Å². The van der Waals surface area contributed by atoms with Crippen molar-refractivity contribution < 1.29 is 9.90 Å². The lowest BCUT2D eigenvalue weighted by Crippen LogP contribution is -2.53. The topological polar surface area (TPSA) is 75.4 Å². The fraction of sp³-hybridized carbons (Fsp3) is 0.462. The maximum atomic E-state index is 11.4. The molecule has 0 aromatic heterocycles. The third kappa shape index (κ3) is 4.54. The average molecular weight is 236 g/mol. The molecule has 1 rings (SSSR count). The summed E-state index contributed by atoms with van der Waals surface area (Å²) in [6.07, 6.45) is 1.74. The molecule has 0 spiro atoms. The van der Waals surface area contributed by atoms with E-state index in [0.717, 1.165) is 6.42 Å². The Morgan fingerprint density at radius 1 is 1.41 bits per heavy atom. The van der Waals surface area contributed by atoms with Gasteiger partial charge in [0.15, 0.2) is 5.72 Å². The van der Waals surface area contributed by atoms with Crippen LogP contribution in [0.1, 0.15) is 25.3 Å². The molecular formula is C13H20N2O2. The van der Waals surface area contributed by atoms with Crippen LogP contribution in [0, 0.1) is 0 Å². The van der Waals surface area contributed by atoms with Crippen molar-refractivity contribution in [3.63, 3.8) is 0 Å². The Bertz CT molecular complexity index is 350. The van der Waals surface area contributed by atoms with E-state index in [9.17, 15) is 9.90 Å². The number of likely N-dealkylation sites (N-methyl/N-ethyl adjacent to an activating group) is 1. The molecule has 4 heteroatoms. The van der Waals surface area contributed by atoms with E-state index in [1.54, 1.807) is 6.92 Å². The van der Waals surface area contributed by atoms with Gasteiger partial charge in [-0.05, 0) is 31.7 Å². The number of amides is 1. The lowest BCUT2D eigenvalue weighted by atomic mass is 10.0. The Kier molecular flexibility index (Phi) is 5.12. The number of hydrogen-bond acceptors (Lipinski definition) is 3. The van der Waals surface area contributed by atoms with Gasteiger partial charge in [-0.15, -0.1) is 0 Å². The first-order valence-electron chi connectivity index (χ1n) is 5.89. The number of nitrogens with one attached hydrogen (secondary N) is 1. The van der Waals surface area contributed by atoms with E-state index in [2.05, 4.69) is 5.32 Å². The lowest BCUT2D eigenvalue weighted by molar-refractivity contribution is -0.140. The minimum absolute atomic E-state index is 0.258. The largest absolute Gasteiger partial charge is 0.368 e. The summed E-state index contributed by atoms with van der Waals surface area (Å²) in [5, 5.41) is 12.3. The number of carbonyl (C=O) groups excluding carboxylic acids is 1. The Morgan fingerprint density at radius 3 is 2.65 bits per heavy atom. The first-order valence-corrected chi connectivity index (χ1v) is 5.89. The number of carbonyl (C=O) groups is 1. The normalized spacial score (nSPS) is 14.1. The first-order chi connectivity index (χ1) is 8.06. The first kappa shape index (κ1) is 13.7. The van der Waals surface area contributed by atoms with Crippen molar-refractivity contribution in [3.8, 4) is 0 Å². The van der Waals surface area contributed by atoms with Gasteiger partial charge in [0.25, 0.3) is 5.91 Å². The van der Waals surface area contributed by atoms with E-state index in [1.165, 1.54) is 5.56 Å². The van der Waals surface area contributed by atoms with Crippen LogP contribution in [0.3, 0.4) is 0 Å². The summed E-state index contributed by atoms with van der Waals surface area (Å²) in [5.74, 6) is -0.506. The minimum Gasteiger partial charge on any atom is -0.368 e. The lowest BCUT2D eigenvalue weighted by Gasteiger charge is -2.21. The van der Waals surface area contributed by atoms with Crippen molar-refractivity contribution >= 4 is 5.91 Å². The van der Waals surface area contributed by atoms with Gasteiger partial charge in [-0.3, -0.25) is 10.5 Å². The highest BCUT2D eigenvalue weighted by Crippen LogP contribution is 2.10. The van der Waals surface area contributed by atoms with Crippen molar-refractivity contribution in [2.75, 3.05) is 6.54 Å². The van der Waals surface area contributed by atoms with Gasteiger partial charge in [0.2, 0.25) is 0 Å². The minimum atomic E-state index is -1.76. The van der Waals surface area contributed by atoms with Gasteiger partial charge in [-0.25, -0.2) is 0 Å². The molecule has 1 aromatic carbocycles. The summed E-state index contributed by atoms with van der Waals surface area (Å²) in [7, 11) is 0. The zero-order valence-corrected chi connectivity index (χ0v) is 10.1. The van der Waals surface area contributed by atoms with E-state index >= 15 is 0 Å². The molecule has 0 bridgehead atoms. The van der Waals surface area contributed by atoms with Gasteiger partial charge in [-0.1, -0.05) is 30.3 Å². The average Bonchev–Trinajstić information content (AvgIpc) is 2.30. The van der Waals surface area contributed by atoms with Gasteiger partial charge in [-0.2, -0.15) is 0 Å². The number of hydrogen-bond donors (Lipinski definition) is 3. The van der Waals surface area contributed by atoms with Crippen LogP contribution >= 0.6 is 0 Å². The Morgan fingerprint density at radius 2 is 2.06 bits per heavy atom. The third-order valence-electron chi connectivity index (χ3n) is 2.60. The van der Waals surface area contributed by atoms with E-state index in [1.807, 2.05) is 30.3 Å². The van der Waals surface area contributed by atoms with E-state index < -0.39 is 11.6 Å². The van der Waals surface area contributed by atoms with Crippen LogP contribution in [0.2, 0.25) is 0 Å². The zero-order valence-electron chi connectivity index (χ0n) is 10.1. The fourth-order valence-corrected chi connectivity index (χ4v) is 1.63. The highest BCUT2D eigenvalue weighted by molar-refractivity contribution is 5.83. The molecule has 0 heterocycles. The smallest absolute Gasteiger partial charge is 0.267 e. The second-order valence-corrected chi connectivity index (χ2v) is 4.12. The molecule has 0 aliphatic rings. The summed E-state index contributed by atoms with van der Waals surface area (Å²) in [5.41, 5.74) is 4.97. The summed E-state index contributed by atoms with van der Waals surface area (Å²) in [4.78, 5) is 11.4. The second-order valence-electron chi connectivity index (χ2n) is 4.12. The quantitative estimate of drug-likeness (QED) is 0.639. The Labute approximate surface area is 102 Å². The zero-order chi connectivity index (χ0) is 12.7. The molecule has 0 fully saturated rings. The maximum absolute atomic E-state index is 11.4.